The molecule has 1 aromatic heterocycles. The van der Waals surface area contributed by atoms with E-state index < -0.39 is 84.3 Å². The number of aliphatic hydroxyl groups excluding tert-OH is 1. The minimum Gasteiger partial charge on any atom is -0.445 e. The molecule has 0 unspecified atom stereocenters. The van der Waals surface area contributed by atoms with Crippen LogP contribution in [0, 0.1) is 23.5 Å². The highest BCUT2D eigenvalue weighted by molar-refractivity contribution is 6.12. The zero-order chi connectivity index (χ0) is 59.3. The fourth-order valence-electron chi connectivity index (χ4n) is 9.63. The predicted octanol–water partition coefficient (Wildman–Crippen LogP) is 5.71. The van der Waals surface area contributed by atoms with Gasteiger partial charge in [0.05, 0.1) is 17.8 Å². The minimum absolute atomic E-state index is 0.0712. The Hall–Kier alpha value is -8.12. The number of benzene rings is 3. The van der Waals surface area contributed by atoms with Crippen LogP contribution in [0.1, 0.15) is 102 Å². The van der Waals surface area contributed by atoms with E-state index in [2.05, 4.69) is 26.6 Å². The van der Waals surface area contributed by atoms with Crippen LogP contribution in [0.2, 0.25) is 0 Å². The highest BCUT2D eigenvalue weighted by Crippen LogP contribution is 2.38. The van der Waals surface area contributed by atoms with E-state index in [1.807, 2.05) is 30.3 Å². The third-order valence-corrected chi connectivity index (χ3v) is 14.0. The number of hydrogen-bond donors (Lipinski definition) is 7. The van der Waals surface area contributed by atoms with E-state index in [1.165, 1.54) is 36.1 Å². The number of nitrogens with zero attached hydrogens (tertiary/aromatic N) is 4. The smallest absolute Gasteiger partial charge is 0.407 e. The summed E-state index contributed by atoms with van der Waals surface area (Å²) >= 11 is 0. The predicted molar refractivity (Wildman–Crippen MR) is 295 cm³/mol. The number of nitrogens with one attached hydrogen (secondary N) is 5. The molecule has 3 heterocycles. The number of hydrogen-bond acceptors (Lipinski definition) is 12. The second-order valence-electron chi connectivity index (χ2n) is 20.6. The number of alkyl halides is 1. The van der Waals surface area contributed by atoms with Crippen LogP contribution in [-0.4, -0.2) is 136 Å². The number of amides is 9. The van der Waals surface area contributed by atoms with Crippen molar-refractivity contribution in [3.63, 3.8) is 0 Å². The Morgan fingerprint density at radius 1 is 0.854 bits per heavy atom. The lowest BCUT2D eigenvalue weighted by atomic mass is 9.89. The van der Waals surface area contributed by atoms with E-state index in [0.29, 0.717) is 62.4 Å². The molecule has 8 N–H and O–H groups in total. The van der Waals surface area contributed by atoms with Crippen molar-refractivity contribution in [2.75, 3.05) is 44.8 Å². The molecule has 442 valence electrons. The van der Waals surface area contributed by atoms with Crippen molar-refractivity contribution in [2.45, 2.75) is 122 Å². The molecule has 0 saturated carbocycles. The van der Waals surface area contributed by atoms with Gasteiger partial charge in [0.1, 0.15) is 48.9 Å². The van der Waals surface area contributed by atoms with E-state index in [-0.39, 0.29) is 93.4 Å². The van der Waals surface area contributed by atoms with Gasteiger partial charge in [0.15, 0.2) is 0 Å². The molecule has 4 aromatic rings. The van der Waals surface area contributed by atoms with Crippen LogP contribution in [0.5, 0.6) is 0 Å². The lowest BCUT2D eigenvalue weighted by Crippen LogP contribution is -2.54. The van der Waals surface area contributed by atoms with Crippen molar-refractivity contribution < 1.29 is 66.1 Å². The summed E-state index contributed by atoms with van der Waals surface area (Å²) in [4.78, 5) is 110. The Kier molecular flexibility index (Phi) is 24.0. The maximum Gasteiger partial charge on any atom is 0.407 e. The number of anilines is 1. The first-order chi connectivity index (χ1) is 39.3. The molecule has 0 bridgehead atoms. The molecular formula is C58H73F3N10O11. The summed E-state index contributed by atoms with van der Waals surface area (Å²) in [5.41, 5.74) is 6.87. The number of urea groups is 1. The van der Waals surface area contributed by atoms with E-state index in [1.54, 1.807) is 36.7 Å². The number of alkyl carbamates (subject to hydrolysis) is 1. The molecule has 0 spiro atoms. The maximum atomic E-state index is 15.3. The molecule has 6 rings (SSSR count). The molecule has 0 radical (unpaired) electrons. The Bertz CT molecular complexity index is 2850. The largest absolute Gasteiger partial charge is 0.445 e. The van der Waals surface area contributed by atoms with Crippen LogP contribution >= 0.6 is 0 Å². The fourth-order valence-corrected chi connectivity index (χ4v) is 9.63. The van der Waals surface area contributed by atoms with E-state index >= 15 is 4.39 Å². The van der Waals surface area contributed by atoms with Crippen molar-refractivity contribution in [2.24, 2.45) is 17.6 Å². The summed E-state index contributed by atoms with van der Waals surface area (Å²) in [5, 5.41) is 24.0. The number of unbranched alkanes of at least 4 members (excludes halogenated alkanes) is 2. The number of ether oxygens (including phenoxy) is 2. The van der Waals surface area contributed by atoms with Crippen LogP contribution < -0.4 is 32.3 Å². The standard InChI is InChI=1S/C58H73F3N10O11/c1-36(2)51(68-48(73)14-8-5-9-27-70-49(74)21-22-50(70)75)55(77)67-46(13-10-26-63-57(62)79)54(76)64-42-18-15-39(16-19-42)35-82-58(80)65-43(32-59)23-28-71(56(78)37(3)72)52(40-24-29-81-30-25-40)53-66-47(44-31-41(60)17-20-45(44)61)34-69(53)33-38-11-6-4-7-12-38/h4,6-7,11-12,15-22,31,34,36-37,40,43,46,51-52,72H,5,8-10,13-14,23-30,32-33,35H2,1-3H3,(H,64,76)(H,65,80)(H,67,77)(H,68,73)(H3,62,63,79)/t37-,43-,46-,51-,52+/m0/s1. The molecule has 9 amide bonds. The van der Waals surface area contributed by atoms with E-state index in [9.17, 15) is 52.2 Å². The molecule has 24 heteroatoms. The van der Waals surface area contributed by atoms with Gasteiger partial charge >= 0.3 is 12.1 Å². The second kappa shape index (κ2) is 31.2. The quantitative estimate of drug-likeness (QED) is 0.0244. The normalized spacial score (nSPS) is 15.3. The van der Waals surface area contributed by atoms with Gasteiger partial charge in [-0.3, -0.25) is 33.7 Å². The fraction of sp³-hybridized carbons (Fsp3) is 0.466. The van der Waals surface area contributed by atoms with Gasteiger partial charge in [-0.05, 0) is 105 Å². The number of imidazole rings is 1. The average molecular weight is 1140 g/mol. The first-order valence-electron chi connectivity index (χ1n) is 27.5. The molecular weight excluding hydrogens is 1070 g/mol. The number of imide groups is 1. The van der Waals surface area contributed by atoms with Gasteiger partial charge in [-0.1, -0.05) is 62.7 Å². The summed E-state index contributed by atoms with van der Waals surface area (Å²) in [5.74, 6) is -4.83. The van der Waals surface area contributed by atoms with Gasteiger partial charge in [-0.2, -0.15) is 0 Å². The maximum absolute atomic E-state index is 15.3. The number of primary amides is 1. The summed E-state index contributed by atoms with van der Waals surface area (Å²) in [7, 11) is 0. The number of carbonyl (C=O) groups is 8. The molecule has 82 heavy (non-hydrogen) atoms. The van der Waals surface area contributed by atoms with Gasteiger partial charge in [-0.15, -0.1) is 0 Å². The first kappa shape index (κ1) is 63.1. The van der Waals surface area contributed by atoms with E-state index in [0.717, 1.165) is 28.7 Å². The van der Waals surface area contributed by atoms with Gasteiger partial charge in [-0.25, -0.2) is 27.7 Å². The lowest BCUT2D eigenvalue weighted by Gasteiger charge is -2.39. The molecule has 0 aliphatic carbocycles. The number of halogens is 3. The number of aliphatic hydroxyl groups is 1. The first-order valence-corrected chi connectivity index (χ1v) is 27.5. The number of carbonyl (C=O) groups excluding carboxylic acids is 8. The average Bonchev–Trinajstić information content (AvgIpc) is 3.76. The van der Waals surface area contributed by atoms with Crippen LogP contribution in [0.3, 0.4) is 0 Å². The van der Waals surface area contributed by atoms with Gasteiger partial charge in [0, 0.05) is 75.4 Å². The van der Waals surface area contributed by atoms with Crippen molar-refractivity contribution >= 4 is 53.3 Å². The summed E-state index contributed by atoms with van der Waals surface area (Å²) < 4.78 is 57.6. The Morgan fingerprint density at radius 2 is 1.56 bits per heavy atom. The Morgan fingerprint density at radius 3 is 2.22 bits per heavy atom. The van der Waals surface area contributed by atoms with Gasteiger partial charge in [0.2, 0.25) is 17.7 Å². The molecule has 3 aromatic carbocycles. The third kappa shape index (κ3) is 18.7. The Balaban J connectivity index is 1.07. The van der Waals surface area contributed by atoms with Crippen LogP contribution in [0.15, 0.2) is 91.1 Å². The van der Waals surface area contributed by atoms with Crippen LogP contribution in [-0.2, 0) is 51.4 Å². The summed E-state index contributed by atoms with van der Waals surface area (Å²) in [6, 6.07) is 13.6. The van der Waals surface area contributed by atoms with Crippen LogP contribution in [0.4, 0.5) is 28.4 Å². The molecule has 2 aliphatic rings. The Labute approximate surface area is 473 Å². The monoisotopic (exact) mass is 1140 g/mol. The minimum atomic E-state index is -1.51. The SMILES string of the molecule is CC(C)[C@H](NC(=O)CCCCCN1C(=O)C=CC1=O)C(=O)N[C@@H](CCCNC(N)=O)C(=O)Nc1ccc(COC(=O)N[C@H](CF)CCN(C(=O)[C@H](C)O)[C@@H](c2nc(-c3cc(F)ccc3F)cn2Cc2ccccc2)C2CCOCC2)cc1. The third-order valence-electron chi connectivity index (χ3n) is 14.0. The molecule has 1 saturated heterocycles. The zero-order valence-electron chi connectivity index (χ0n) is 46.3. The van der Waals surface area contributed by atoms with Crippen molar-refractivity contribution in [3.05, 3.63) is 120 Å². The van der Waals surface area contributed by atoms with E-state index in [4.69, 9.17) is 20.2 Å². The number of rotatable bonds is 30. The zero-order valence-corrected chi connectivity index (χ0v) is 46.3. The highest BCUT2D eigenvalue weighted by Gasteiger charge is 2.39. The van der Waals surface area contributed by atoms with Crippen molar-refractivity contribution in [3.8, 4) is 11.3 Å². The van der Waals surface area contributed by atoms with Crippen LogP contribution in [0.25, 0.3) is 11.3 Å². The van der Waals surface area contributed by atoms with Crippen molar-refractivity contribution in [1.82, 2.24) is 40.6 Å². The molecule has 5 atom stereocenters. The molecule has 1 fully saturated rings. The van der Waals surface area contributed by atoms with Gasteiger partial charge in [0.25, 0.3) is 17.7 Å². The highest BCUT2D eigenvalue weighted by atomic mass is 19.1. The number of aromatic nitrogens is 2. The topological polar surface area (TPSA) is 286 Å². The summed E-state index contributed by atoms with van der Waals surface area (Å²) in [6.45, 7) is 4.54. The second-order valence-corrected chi connectivity index (χ2v) is 20.6. The van der Waals surface area contributed by atoms with Crippen molar-refractivity contribution in [1.29, 1.82) is 0 Å². The van der Waals surface area contributed by atoms with Gasteiger partial charge < -0.3 is 56.4 Å². The molecule has 2 aliphatic heterocycles. The summed E-state index contributed by atoms with van der Waals surface area (Å²) in [6.07, 6.45) is 4.21. The molecule has 21 nitrogen and oxygen atoms in total. The number of nitrogens with two attached hydrogens (primary N) is 1. The lowest BCUT2D eigenvalue weighted by molar-refractivity contribution is -0.144.